The second-order valence-corrected chi connectivity index (χ2v) is 5.47. The van der Waals surface area contributed by atoms with Crippen LogP contribution in [0.15, 0.2) is 24.8 Å². The van der Waals surface area contributed by atoms with E-state index in [-0.39, 0.29) is 11.8 Å². The fourth-order valence-electron chi connectivity index (χ4n) is 2.38. The summed E-state index contributed by atoms with van der Waals surface area (Å²) in [5, 5.41) is 5.58. The van der Waals surface area contributed by atoms with Crippen LogP contribution in [-0.4, -0.2) is 24.9 Å². The van der Waals surface area contributed by atoms with Crippen LogP contribution in [0.5, 0.6) is 0 Å². The van der Waals surface area contributed by atoms with E-state index in [0.29, 0.717) is 25.9 Å². The van der Waals surface area contributed by atoms with Gasteiger partial charge in [-0.15, -0.1) is 6.58 Å². The van der Waals surface area contributed by atoms with Crippen LogP contribution < -0.4 is 10.6 Å². The number of hydrogen-bond donors (Lipinski definition) is 2. The first-order valence-corrected chi connectivity index (χ1v) is 8.41. The molecule has 4 nitrogen and oxygen atoms in total. The Kier molecular flexibility index (Phi) is 11.2. The summed E-state index contributed by atoms with van der Waals surface area (Å²) in [6, 6.07) is 0. The molecule has 22 heavy (non-hydrogen) atoms. The van der Waals surface area contributed by atoms with Gasteiger partial charge < -0.3 is 10.6 Å². The molecule has 0 rings (SSSR count). The zero-order valence-corrected chi connectivity index (χ0v) is 14.4. The minimum Gasteiger partial charge on any atom is -0.355 e. The van der Waals surface area contributed by atoms with Gasteiger partial charge >= 0.3 is 0 Å². The normalized spacial score (nSPS) is 11.4. The molecule has 0 aromatic heterocycles. The Balaban J connectivity index is 5.05. The molecule has 0 saturated heterocycles. The lowest BCUT2D eigenvalue weighted by Crippen LogP contribution is -2.51. The van der Waals surface area contributed by atoms with Gasteiger partial charge in [-0.1, -0.05) is 38.0 Å². The summed E-state index contributed by atoms with van der Waals surface area (Å²) in [4.78, 5) is 25.0. The molecule has 0 aliphatic carbocycles. The fourth-order valence-corrected chi connectivity index (χ4v) is 2.38. The van der Waals surface area contributed by atoms with Crippen LogP contribution in [0.25, 0.3) is 0 Å². The highest BCUT2D eigenvalue weighted by Gasteiger charge is 2.43. The van der Waals surface area contributed by atoms with Gasteiger partial charge in [0, 0.05) is 13.1 Å². The first-order valence-electron chi connectivity index (χ1n) is 8.41. The Labute approximate surface area is 135 Å². The van der Waals surface area contributed by atoms with Crippen molar-refractivity contribution in [2.45, 2.75) is 59.3 Å². The summed E-state index contributed by atoms with van der Waals surface area (Å²) >= 11 is 0. The Morgan fingerprint density at radius 1 is 0.955 bits per heavy atom. The van der Waals surface area contributed by atoms with Crippen molar-refractivity contribution >= 4 is 11.8 Å². The predicted octanol–water partition coefficient (Wildman–Crippen LogP) is 3.35. The Bertz CT molecular complexity index is 357. The lowest BCUT2D eigenvalue weighted by molar-refractivity contribution is -0.143. The van der Waals surface area contributed by atoms with E-state index < -0.39 is 5.41 Å². The molecule has 0 bridgehead atoms. The number of allylic oxidation sites excluding steroid dienone is 3. The van der Waals surface area contributed by atoms with Gasteiger partial charge in [0.15, 0.2) is 0 Å². The monoisotopic (exact) mass is 308 g/mol. The molecule has 0 aliphatic heterocycles. The highest BCUT2D eigenvalue weighted by Crippen LogP contribution is 2.29. The SMILES string of the molecule is C=CCC(C/C=C/CCCCC)(C(=O)NCC)C(=O)NCC. The Morgan fingerprint density at radius 3 is 2.00 bits per heavy atom. The smallest absolute Gasteiger partial charge is 0.236 e. The maximum Gasteiger partial charge on any atom is 0.236 e. The average molecular weight is 308 g/mol. The van der Waals surface area contributed by atoms with Crippen molar-refractivity contribution in [2.75, 3.05) is 13.1 Å². The summed E-state index contributed by atoms with van der Waals surface area (Å²) in [7, 11) is 0. The van der Waals surface area contributed by atoms with Crippen LogP contribution in [0, 0.1) is 5.41 Å². The topological polar surface area (TPSA) is 58.2 Å². The van der Waals surface area contributed by atoms with Gasteiger partial charge in [0.1, 0.15) is 5.41 Å². The first-order chi connectivity index (χ1) is 10.6. The molecule has 2 N–H and O–H groups in total. The van der Waals surface area contributed by atoms with Crippen LogP contribution in [0.4, 0.5) is 0 Å². The third-order valence-electron chi connectivity index (χ3n) is 3.64. The van der Waals surface area contributed by atoms with E-state index in [0.717, 1.165) is 12.8 Å². The van der Waals surface area contributed by atoms with E-state index in [2.05, 4.69) is 30.2 Å². The molecule has 4 heteroatoms. The number of unbranched alkanes of at least 4 members (excludes halogenated alkanes) is 3. The van der Waals surface area contributed by atoms with Crippen molar-refractivity contribution in [3.05, 3.63) is 24.8 Å². The maximum atomic E-state index is 12.5. The zero-order chi connectivity index (χ0) is 16.8. The molecule has 2 amide bonds. The molecular formula is C18H32N2O2. The summed E-state index contributed by atoms with van der Waals surface area (Å²) in [5.41, 5.74) is -1.09. The molecular weight excluding hydrogens is 276 g/mol. The number of amides is 2. The molecule has 0 fully saturated rings. The highest BCUT2D eigenvalue weighted by atomic mass is 16.2. The molecule has 0 aromatic carbocycles. The van der Waals surface area contributed by atoms with Gasteiger partial charge in [-0.2, -0.15) is 0 Å². The molecule has 126 valence electrons. The van der Waals surface area contributed by atoms with Crippen molar-refractivity contribution in [2.24, 2.45) is 5.41 Å². The molecule has 0 radical (unpaired) electrons. The van der Waals surface area contributed by atoms with Gasteiger partial charge in [0.05, 0.1) is 0 Å². The molecule has 0 unspecified atom stereocenters. The lowest BCUT2D eigenvalue weighted by Gasteiger charge is -2.29. The second kappa shape index (κ2) is 12.0. The van der Waals surface area contributed by atoms with E-state index in [1.807, 2.05) is 19.9 Å². The van der Waals surface area contributed by atoms with Crippen molar-refractivity contribution < 1.29 is 9.59 Å². The third-order valence-corrected chi connectivity index (χ3v) is 3.64. The third kappa shape index (κ3) is 6.46. The number of hydrogen-bond acceptors (Lipinski definition) is 2. The molecule has 0 aliphatic rings. The standard InChI is InChI=1S/C18H32N2O2/c1-5-9-10-11-12-13-15-18(14-6-2,16(21)19-7-3)17(22)20-8-4/h6,12-13H,2,5,7-11,14-15H2,1,3-4H3,(H,19,21)(H,20,22)/b13-12+. The number of nitrogens with one attached hydrogen (secondary N) is 2. The Hall–Kier alpha value is -1.58. The number of carbonyl (C=O) groups excluding carboxylic acids is 2. The first kappa shape index (κ1) is 20.4. The van der Waals surface area contributed by atoms with E-state index in [4.69, 9.17) is 0 Å². The predicted molar refractivity (Wildman–Crippen MR) is 92.5 cm³/mol. The van der Waals surface area contributed by atoms with Crippen LogP contribution in [0.2, 0.25) is 0 Å². The van der Waals surface area contributed by atoms with E-state index in [1.54, 1.807) is 6.08 Å². The second-order valence-electron chi connectivity index (χ2n) is 5.47. The quantitative estimate of drug-likeness (QED) is 0.330. The van der Waals surface area contributed by atoms with Crippen LogP contribution in [0.1, 0.15) is 59.3 Å². The minimum atomic E-state index is -1.09. The largest absolute Gasteiger partial charge is 0.355 e. The van der Waals surface area contributed by atoms with Gasteiger partial charge in [0.25, 0.3) is 0 Å². The minimum absolute atomic E-state index is 0.223. The molecule has 0 spiro atoms. The van der Waals surface area contributed by atoms with Gasteiger partial charge in [-0.3, -0.25) is 9.59 Å². The van der Waals surface area contributed by atoms with Gasteiger partial charge in [-0.25, -0.2) is 0 Å². The molecule has 0 aromatic rings. The highest BCUT2D eigenvalue weighted by molar-refractivity contribution is 6.05. The summed E-state index contributed by atoms with van der Waals surface area (Å²) in [6.45, 7) is 10.6. The van der Waals surface area contributed by atoms with Crippen molar-refractivity contribution in [1.29, 1.82) is 0 Å². The number of carbonyl (C=O) groups is 2. The van der Waals surface area contributed by atoms with Gasteiger partial charge in [0.2, 0.25) is 11.8 Å². The van der Waals surface area contributed by atoms with Crippen LogP contribution in [0.3, 0.4) is 0 Å². The Morgan fingerprint density at radius 2 is 1.55 bits per heavy atom. The fraction of sp³-hybridized carbons (Fsp3) is 0.667. The van der Waals surface area contributed by atoms with E-state index in [9.17, 15) is 9.59 Å². The maximum absolute atomic E-state index is 12.5. The molecule has 0 heterocycles. The van der Waals surface area contributed by atoms with Crippen molar-refractivity contribution in [3.63, 3.8) is 0 Å². The summed E-state index contributed by atoms with van der Waals surface area (Å²) in [5.74, 6) is -0.446. The van der Waals surface area contributed by atoms with E-state index >= 15 is 0 Å². The summed E-state index contributed by atoms with van der Waals surface area (Å²) < 4.78 is 0. The lowest BCUT2D eigenvalue weighted by atomic mass is 9.78. The van der Waals surface area contributed by atoms with Gasteiger partial charge in [-0.05, 0) is 39.5 Å². The number of rotatable bonds is 12. The molecule has 0 saturated carbocycles. The molecule has 0 atom stereocenters. The van der Waals surface area contributed by atoms with Crippen LogP contribution >= 0.6 is 0 Å². The zero-order valence-electron chi connectivity index (χ0n) is 14.4. The van der Waals surface area contributed by atoms with E-state index in [1.165, 1.54) is 12.8 Å². The van der Waals surface area contributed by atoms with Crippen LogP contribution in [-0.2, 0) is 9.59 Å². The van der Waals surface area contributed by atoms with Crippen molar-refractivity contribution in [3.8, 4) is 0 Å². The van der Waals surface area contributed by atoms with Crippen molar-refractivity contribution in [1.82, 2.24) is 10.6 Å². The average Bonchev–Trinajstić information content (AvgIpc) is 2.50. The summed E-state index contributed by atoms with van der Waals surface area (Å²) in [6.07, 6.45) is 10.9.